The number of hydrogen-bond acceptors (Lipinski definition) is 6. The normalized spacial score (nSPS) is 18.2. The fourth-order valence-corrected chi connectivity index (χ4v) is 3.48. The van der Waals surface area contributed by atoms with Crippen molar-refractivity contribution in [2.75, 3.05) is 39.3 Å². The molecule has 0 radical (unpaired) electrons. The minimum atomic E-state index is -0.160. The predicted molar refractivity (Wildman–Crippen MR) is 97.5 cm³/mol. The second-order valence-electron chi connectivity index (χ2n) is 6.92. The van der Waals surface area contributed by atoms with Crippen LogP contribution >= 0.6 is 0 Å². The second-order valence-corrected chi connectivity index (χ2v) is 6.92. The van der Waals surface area contributed by atoms with E-state index in [1.807, 2.05) is 23.1 Å². The van der Waals surface area contributed by atoms with E-state index in [1.54, 1.807) is 11.1 Å². The molecule has 0 bridgehead atoms. The highest BCUT2D eigenvalue weighted by Crippen LogP contribution is 2.21. The number of rotatable bonds is 4. The van der Waals surface area contributed by atoms with E-state index in [9.17, 15) is 9.59 Å². The molecule has 2 aliphatic heterocycles. The van der Waals surface area contributed by atoms with Crippen molar-refractivity contribution in [3.8, 4) is 0 Å². The van der Waals surface area contributed by atoms with Gasteiger partial charge < -0.3 is 9.80 Å². The van der Waals surface area contributed by atoms with Gasteiger partial charge in [-0.3, -0.25) is 24.5 Å². The van der Waals surface area contributed by atoms with Gasteiger partial charge in [0, 0.05) is 64.4 Å². The maximum Gasteiger partial charge on any atom is 0.274 e. The molecule has 0 atom stereocenters. The van der Waals surface area contributed by atoms with Crippen molar-refractivity contribution >= 4 is 11.8 Å². The highest BCUT2D eigenvalue weighted by atomic mass is 16.2. The minimum Gasteiger partial charge on any atom is -0.340 e. The van der Waals surface area contributed by atoms with Crippen LogP contribution in [0, 0.1) is 5.92 Å². The third-order valence-electron chi connectivity index (χ3n) is 5.10. The van der Waals surface area contributed by atoms with Crippen LogP contribution in [-0.2, 0) is 11.3 Å². The molecule has 2 fully saturated rings. The van der Waals surface area contributed by atoms with Crippen molar-refractivity contribution in [3.05, 3.63) is 54.4 Å². The Morgan fingerprint density at radius 2 is 1.78 bits per heavy atom. The Morgan fingerprint density at radius 3 is 2.44 bits per heavy atom. The number of carbonyl (C=O) groups excluding carboxylic acids is 2. The molecule has 2 aromatic heterocycles. The summed E-state index contributed by atoms with van der Waals surface area (Å²) in [6.07, 6.45) is 6.30. The van der Waals surface area contributed by atoms with Gasteiger partial charge in [-0.05, 0) is 12.1 Å². The van der Waals surface area contributed by atoms with Crippen molar-refractivity contribution < 1.29 is 9.59 Å². The molecule has 2 amide bonds. The van der Waals surface area contributed by atoms with E-state index in [1.165, 1.54) is 18.6 Å². The molecule has 2 aliphatic rings. The average molecular weight is 366 g/mol. The van der Waals surface area contributed by atoms with E-state index >= 15 is 0 Å². The van der Waals surface area contributed by atoms with Gasteiger partial charge in [-0.1, -0.05) is 6.07 Å². The largest absolute Gasteiger partial charge is 0.340 e. The van der Waals surface area contributed by atoms with Gasteiger partial charge in [-0.15, -0.1) is 0 Å². The molecular weight excluding hydrogens is 344 g/mol. The lowest BCUT2D eigenvalue weighted by molar-refractivity contribution is -0.141. The molecular formula is C19H22N6O2. The Morgan fingerprint density at radius 1 is 0.963 bits per heavy atom. The van der Waals surface area contributed by atoms with Gasteiger partial charge in [0.15, 0.2) is 0 Å². The number of nitrogens with zero attached hydrogens (tertiary/aromatic N) is 6. The van der Waals surface area contributed by atoms with Crippen LogP contribution in [0.4, 0.5) is 0 Å². The summed E-state index contributed by atoms with van der Waals surface area (Å²) in [6, 6.07) is 5.93. The quantitative estimate of drug-likeness (QED) is 0.773. The number of aromatic nitrogens is 3. The lowest BCUT2D eigenvalue weighted by Crippen LogP contribution is -2.59. The van der Waals surface area contributed by atoms with Crippen molar-refractivity contribution in [1.29, 1.82) is 0 Å². The third kappa shape index (κ3) is 3.95. The number of likely N-dealkylation sites (tertiary alicyclic amines) is 1. The molecule has 0 spiro atoms. The van der Waals surface area contributed by atoms with E-state index in [4.69, 9.17) is 0 Å². The Kier molecular flexibility index (Phi) is 5.06. The predicted octanol–water partition coefficient (Wildman–Crippen LogP) is 0.288. The average Bonchev–Trinajstić information content (AvgIpc) is 2.69. The molecule has 2 aromatic rings. The molecule has 0 aliphatic carbocycles. The van der Waals surface area contributed by atoms with Crippen molar-refractivity contribution in [3.63, 3.8) is 0 Å². The van der Waals surface area contributed by atoms with Gasteiger partial charge in [0.25, 0.3) is 5.91 Å². The van der Waals surface area contributed by atoms with Gasteiger partial charge in [-0.2, -0.15) is 0 Å². The van der Waals surface area contributed by atoms with Crippen LogP contribution in [0.25, 0.3) is 0 Å². The zero-order chi connectivity index (χ0) is 18.6. The maximum atomic E-state index is 12.7. The molecule has 27 heavy (non-hydrogen) atoms. The molecule has 0 aromatic carbocycles. The molecule has 0 unspecified atom stereocenters. The molecule has 8 nitrogen and oxygen atoms in total. The molecule has 0 saturated carbocycles. The van der Waals surface area contributed by atoms with Gasteiger partial charge in [0.1, 0.15) is 5.69 Å². The Bertz CT molecular complexity index is 786. The third-order valence-corrected chi connectivity index (χ3v) is 5.10. The van der Waals surface area contributed by atoms with Crippen LogP contribution in [0.5, 0.6) is 0 Å². The standard InChI is InChI=1S/C19H22N6O2/c26-18(15-12-25(13-15)19(27)17-11-20-5-6-22-17)24-9-7-23(8-10-24)14-16-3-1-2-4-21-16/h1-6,11,15H,7-10,12-14H2. The van der Waals surface area contributed by atoms with Crippen LogP contribution in [0.15, 0.2) is 43.0 Å². The molecule has 8 heteroatoms. The van der Waals surface area contributed by atoms with Gasteiger partial charge in [-0.25, -0.2) is 4.98 Å². The minimum absolute atomic E-state index is 0.104. The number of piperazine rings is 1. The van der Waals surface area contributed by atoms with E-state index in [-0.39, 0.29) is 17.7 Å². The summed E-state index contributed by atoms with van der Waals surface area (Å²) in [5.74, 6) is -0.115. The number of pyridine rings is 1. The fraction of sp³-hybridized carbons (Fsp3) is 0.421. The van der Waals surface area contributed by atoms with Crippen LogP contribution in [-0.4, -0.2) is 80.7 Å². The summed E-state index contributed by atoms with van der Waals surface area (Å²) in [6.45, 7) is 4.87. The van der Waals surface area contributed by atoms with Crippen LogP contribution in [0.3, 0.4) is 0 Å². The number of amides is 2. The van der Waals surface area contributed by atoms with Crippen LogP contribution in [0.1, 0.15) is 16.2 Å². The first-order chi connectivity index (χ1) is 13.2. The number of hydrogen-bond donors (Lipinski definition) is 0. The van der Waals surface area contributed by atoms with E-state index in [0.29, 0.717) is 18.8 Å². The van der Waals surface area contributed by atoms with Crippen LogP contribution < -0.4 is 0 Å². The zero-order valence-corrected chi connectivity index (χ0v) is 15.1. The summed E-state index contributed by atoms with van der Waals surface area (Å²) in [4.78, 5) is 43.1. The summed E-state index contributed by atoms with van der Waals surface area (Å²) in [5, 5.41) is 0. The first-order valence-corrected chi connectivity index (χ1v) is 9.17. The summed E-state index contributed by atoms with van der Waals surface area (Å²) in [5.41, 5.74) is 1.38. The lowest BCUT2D eigenvalue weighted by atomic mass is 9.97. The summed E-state index contributed by atoms with van der Waals surface area (Å²) >= 11 is 0. The van der Waals surface area contributed by atoms with Crippen LogP contribution in [0.2, 0.25) is 0 Å². The second kappa shape index (κ2) is 7.79. The zero-order valence-electron chi connectivity index (χ0n) is 15.1. The fourth-order valence-electron chi connectivity index (χ4n) is 3.48. The van der Waals surface area contributed by atoms with Crippen molar-refractivity contribution in [1.82, 2.24) is 29.7 Å². The van der Waals surface area contributed by atoms with Gasteiger partial charge >= 0.3 is 0 Å². The highest BCUT2D eigenvalue weighted by Gasteiger charge is 2.39. The summed E-state index contributed by atoms with van der Waals surface area (Å²) in [7, 11) is 0. The molecule has 4 rings (SSSR count). The molecule has 2 saturated heterocycles. The van der Waals surface area contributed by atoms with Crippen molar-refractivity contribution in [2.24, 2.45) is 5.92 Å². The smallest absolute Gasteiger partial charge is 0.274 e. The summed E-state index contributed by atoms with van der Waals surface area (Å²) < 4.78 is 0. The SMILES string of the molecule is O=C(c1cnccn1)N1CC(C(=O)N2CCN(Cc3ccccn3)CC2)C1. The van der Waals surface area contributed by atoms with Gasteiger partial charge in [0.2, 0.25) is 5.91 Å². The van der Waals surface area contributed by atoms with Gasteiger partial charge in [0.05, 0.1) is 17.8 Å². The molecule has 0 N–H and O–H groups in total. The highest BCUT2D eigenvalue weighted by molar-refractivity contribution is 5.94. The van der Waals surface area contributed by atoms with Crippen molar-refractivity contribution in [2.45, 2.75) is 6.54 Å². The topological polar surface area (TPSA) is 82.5 Å². The monoisotopic (exact) mass is 366 g/mol. The molecule has 140 valence electrons. The molecule has 4 heterocycles. The first kappa shape index (κ1) is 17.5. The Hall–Kier alpha value is -2.87. The van der Waals surface area contributed by atoms with E-state index in [2.05, 4.69) is 19.9 Å². The maximum absolute atomic E-state index is 12.7. The first-order valence-electron chi connectivity index (χ1n) is 9.17. The Labute approximate surface area is 157 Å². The number of carbonyl (C=O) groups is 2. The van der Waals surface area contributed by atoms with E-state index < -0.39 is 0 Å². The Balaban J connectivity index is 1.23. The van der Waals surface area contributed by atoms with E-state index in [0.717, 1.165) is 38.4 Å². The lowest BCUT2D eigenvalue weighted by Gasteiger charge is -2.42.